The number of hydrogen-bond donors (Lipinski definition) is 3. The van der Waals surface area contributed by atoms with Gasteiger partial charge in [-0.25, -0.2) is 14.4 Å². The first kappa shape index (κ1) is 24.2. The third kappa shape index (κ3) is 9.60. The molecule has 2 unspecified atom stereocenters. The lowest BCUT2D eigenvalue weighted by Gasteiger charge is -2.23. The van der Waals surface area contributed by atoms with Gasteiger partial charge in [-0.15, -0.1) is 0 Å². The number of carbonyl (C=O) groups excluding carboxylic acids is 2. The molecule has 0 heterocycles. The Labute approximate surface area is 155 Å². The molecule has 8 nitrogen and oxygen atoms in total. The van der Waals surface area contributed by atoms with Crippen molar-refractivity contribution in [2.45, 2.75) is 90.4 Å². The number of hydrogen-bond acceptors (Lipinski definition) is 6. The minimum absolute atomic E-state index is 0.211. The molecule has 0 saturated carbocycles. The van der Waals surface area contributed by atoms with Gasteiger partial charge in [0.05, 0.1) is 6.10 Å². The number of carboxylic acid groups (broad SMARTS) is 1. The van der Waals surface area contributed by atoms with Crippen LogP contribution < -0.4 is 5.32 Å². The Kier molecular flexibility index (Phi) is 10.2. The van der Waals surface area contributed by atoms with E-state index in [9.17, 15) is 24.6 Å². The summed E-state index contributed by atoms with van der Waals surface area (Å²) in [4.78, 5) is 34.7. The van der Waals surface area contributed by atoms with E-state index in [0.717, 1.165) is 0 Å². The van der Waals surface area contributed by atoms with Crippen molar-refractivity contribution in [3.8, 4) is 0 Å². The molecule has 0 aliphatic carbocycles. The second-order valence-electron chi connectivity index (χ2n) is 7.38. The molecule has 3 N–H and O–H groups in total. The molecule has 0 aliphatic heterocycles. The number of alkyl carbamates (subject to hydrolysis) is 1. The van der Waals surface area contributed by atoms with E-state index in [1.807, 2.05) is 0 Å². The van der Waals surface area contributed by atoms with Crippen LogP contribution in [0.5, 0.6) is 0 Å². The number of carboxylic acids is 1. The number of carbonyl (C=O) groups is 3. The Balaban J connectivity index is 4.13. The van der Waals surface area contributed by atoms with Crippen molar-refractivity contribution in [2.75, 3.05) is 6.54 Å². The Morgan fingerprint density at radius 1 is 1.08 bits per heavy atom. The van der Waals surface area contributed by atoms with Crippen molar-refractivity contribution >= 4 is 18.0 Å². The van der Waals surface area contributed by atoms with Gasteiger partial charge in [-0.1, -0.05) is 19.8 Å². The van der Waals surface area contributed by atoms with Crippen LogP contribution in [0.15, 0.2) is 0 Å². The Morgan fingerprint density at radius 2 is 1.65 bits per heavy atom. The van der Waals surface area contributed by atoms with Crippen molar-refractivity contribution in [3.63, 3.8) is 0 Å². The molecule has 0 fully saturated rings. The van der Waals surface area contributed by atoms with E-state index in [4.69, 9.17) is 9.47 Å². The van der Waals surface area contributed by atoms with Gasteiger partial charge in [0.15, 0.2) is 0 Å². The first-order valence-corrected chi connectivity index (χ1v) is 9.06. The molecular formula is C18H33NO7. The van der Waals surface area contributed by atoms with Crippen molar-refractivity contribution in [1.29, 1.82) is 0 Å². The molecule has 1 amide bonds. The van der Waals surface area contributed by atoms with E-state index in [0.29, 0.717) is 38.6 Å². The molecular weight excluding hydrogens is 342 g/mol. The first-order chi connectivity index (χ1) is 11.9. The third-order valence-corrected chi connectivity index (χ3v) is 3.71. The Hall–Kier alpha value is -1.83. The van der Waals surface area contributed by atoms with Gasteiger partial charge < -0.3 is 25.0 Å². The van der Waals surface area contributed by atoms with Crippen LogP contribution >= 0.6 is 0 Å². The van der Waals surface area contributed by atoms with Gasteiger partial charge in [0.25, 0.3) is 5.60 Å². The average molecular weight is 375 g/mol. The standard InChI is InChI=1S/C18H33NO7/c1-6-13(2)25-15(22)18(24,14(20)21)11-9-7-8-10-12-19-16(23)26-17(3,4)5/h13,24H,6-12H2,1-5H3,(H,19,23)(H,20,21). The van der Waals surface area contributed by atoms with Crippen LogP contribution in [0.4, 0.5) is 4.79 Å². The summed E-state index contributed by atoms with van der Waals surface area (Å²) in [7, 11) is 0. The summed E-state index contributed by atoms with van der Waals surface area (Å²) in [6.07, 6.45) is 1.75. The highest BCUT2D eigenvalue weighted by Crippen LogP contribution is 2.19. The number of unbranched alkanes of at least 4 members (excludes halogenated alkanes) is 3. The maximum atomic E-state index is 11.9. The lowest BCUT2D eigenvalue weighted by molar-refractivity contribution is -0.184. The zero-order valence-corrected chi connectivity index (χ0v) is 16.5. The monoisotopic (exact) mass is 375 g/mol. The molecule has 0 spiro atoms. The topological polar surface area (TPSA) is 122 Å². The molecule has 0 radical (unpaired) electrons. The van der Waals surface area contributed by atoms with Crippen molar-refractivity contribution < 1.29 is 34.1 Å². The predicted molar refractivity (Wildman–Crippen MR) is 95.8 cm³/mol. The largest absolute Gasteiger partial charge is 0.479 e. The number of nitrogens with one attached hydrogen (secondary N) is 1. The van der Waals surface area contributed by atoms with Crippen LogP contribution in [-0.4, -0.2) is 52.1 Å². The number of amides is 1. The summed E-state index contributed by atoms with van der Waals surface area (Å²) in [5.74, 6) is -2.72. The Morgan fingerprint density at radius 3 is 2.15 bits per heavy atom. The summed E-state index contributed by atoms with van der Waals surface area (Å²) >= 11 is 0. The quantitative estimate of drug-likeness (QED) is 0.288. The summed E-state index contributed by atoms with van der Waals surface area (Å²) in [5.41, 5.74) is -3.06. The van der Waals surface area contributed by atoms with Gasteiger partial charge in [-0.2, -0.15) is 0 Å². The fraction of sp³-hybridized carbons (Fsp3) is 0.833. The van der Waals surface area contributed by atoms with Crippen LogP contribution in [0.2, 0.25) is 0 Å². The fourth-order valence-corrected chi connectivity index (χ4v) is 2.02. The summed E-state index contributed by atoms with van der Waals surface area (Å²) in [5, 5.41) is 21.9. The minimum atomic E-state index is -2.52. The second kappa shape index (κ2) is 11.0. The van der Waals surface area contributed by atoms with Crippen LogP contribution in [-0.2, 0) is 19.1 Å². The van der Waals surface area contributed by atoms with Gasteiger partial charge in [-0.05, 0) is 53.4 Å². The van der Waals surface area contributed by atoms with Crippen molar-refractivity contribution in [2.24, 2.45) is 0 Å². The second-order valence-corrected chi connectivity index (χ2v) is 7.38. The van der Waals surface area contributed by atoms with Crippen molar-refractivity contribution in [1.82, 2.24) is 5.32 Å². The molecule has 152 valence electrons. The highest BCUT2D eigenvalue weighted by Gasteiger charge is 2.45. The Bertz CT molecular complexity index is 473. The highest BCUT2D eigenvalue weighted by atomic mass is 16.6. The molecule has 2 atom stereocenters. The van der Waals surface area contributed by atoms with E-state index >= 15 is 0 Å². The zero-order valence-electron chi connectivity index (χ0n) is 16.5. The summed E-state index contributed by atoms with van der Waals surface area (Å²) in [6, 6.07) is 0. The third-order valence-electron chi connectivity index (χ3n) is 3.71. The minimum Gasteiger partial charge on any atom is -0.479 e. The maximum Gasteiger partial charge on any atom is 0.407 e. The highest BCUT2D eigenvalue weighted by molar-refractivity contribution is 6.02. The van der Waals surface area contributed by atoms with E-state index in [2.05, 4.69) is 5.32 Å². The SMILES string of the molecule is CCC(C)OC(=O)C(O)(CCCCCCNC(=O)OC(C)(C)C)C(=O)O. The molecule has 0 saturated heterocycles. The normalized spacial score (nSPS) is 14.8. The van der Waals surface area contributed by atoms with Crippen LogP contribution in [0, 0.1) is 0 Å². The van der Waals surface area contributed by atoms with Gasteiger partial charge >= 0.3 is 18.0 Å². The van der Waals surface area contributed by atoms with Crippen molar-refractivity contribution in [3.05, 3.63) is 0 Å². The summed E-state index contributed by atoms with van der Waals surface area (Å²) < 4.78 is 10.1. The van der Waals surface area contributed by atoms with Crippen LogP contribution in [0.3, 0.4) is 0 Å². The number of aliphatic carboxylic acids is 1. The molecule has 0 aromatic heterocycles. The average Bonchev–Trinajstić information content (AvgIpc) is 2.51. The van der Waals surface area contributed by atoms with Crippen LogP contribution in [0.1, 0.15) is 73.1 Å². The molecule has 0 aromatic rings. The van der Waals surface area contributed by atoms with Gasteiger partial charge in [0.2, 0.25) is 0 Å². The number of aliphatic hydroxyl groups is 1. The smallest absolute Gasteiger partial charge is 0.407 e. The number of esters is 1. The lowest BCUT2D eigenvalue weighted by atomic mass is 9.96. The number of ether oxygens (including phenoxy) is 2. The number of rotatable bonds is 11. The molecule has 0 aliphatic rings. The van der Waals surface area contributed by atoms with E-state index in [-0.39, 0.29) is 6.42 Å². The van der Waals surface area contributed by atoms with Crippen LogP contribution in [0.25, 0.3) is 0 Å². The van der Waals surface area contributed by atoms with E-state index in [1.165, 1.54) is 0 Å². The molecule has 0 rings (SSSR count). The van der Waals surface area contributed by atoms with Gasteiger partial charge in [0, 0.05) is 6.54 Å². The molecule has 0 aromatic carbocycles. The molecule has 8 heteroatoms. The lowest BCUT2D eigenvalue weighted by Crippen LogP contribution is -2.48. The fourth-order valence-electron chi connectivity index (χ4n) is 2.02. The molecule has 0 bridgehead atoms. The predicted octanol–water partition coefficient (Wildman–Crippen LogP) is 2.62. The summed E-state index contributed by atoms with van der Waals surface area (Å²) in [6.45, 7) is 9.21. The first-order valence-electron chi connectivity index (χ1n) is 9.06. The van der Waals surface area contributed by atoms with Gasteiger partial charge in [-0.3, -0.25) is 0 Å². The van der Waals surface area contributed by atoms with Gasteiger partial charge in [0.1, 0.15) is 5.60 Å². The van der Waals surface area contributed by atoms with E-state index in [1.54, 1.807) is 34.6 Å². The maximum absolute atomic E-state index is 11.9. The van der Waals surface area contributed by atoms with E-state index < -0.39 is 35.3 Å². The zero-order chi connectivity index (χ0) is 20.4. The molecule has 26 heavy (non-hydrogen) atoms.